The van der Waals surface area contributed by atoms with E-state index < -0.39 is 0 Å². The number of furan rings is 1. The lowest BCUT2D eigenvalue weighted by Gasteiger charge is -2.10. The van der Waals surface area contributed by atoms with Gasteiger partial charge >= 0.3 is 0 Å². The topological polar surface area (TPSA) is 43.9 Å². The number of rotatable bonds is 2. The van der Waals surface area contributed by atoms with Crippen LogP contribution in [0.15, 0.2) is 83.4 Å². The van der Waals surface area contributed by atoms with Crippen molar-refractivity contribution in [2.45, 2.75) is 13.8 Å². The second-order valence-corrected chi connectivity index (χ2v) is 7.65. The summed E-state index contributed by atoms with van der Waals surface area (Å²) in [5.74, 6) is 0.854. The van der Waals surface area contributed by atoms with E-state index in [0.29, 0.717) is 0 Å². The normalized spacial score (nSPS) is 11.7. The van der Waals surface area contributed by atoms with E-state index >= 15 is 0 Å². The molecule has 0 fully saturated rings. The fourth-order valence-electron chi connectivity index (χ4n) is 4.27. The molecule has 3 aromatic carbocycles. The highest BCUT2D eigenvalue weighted by Crippen LogP contribution is 2.39. The molecule has 0 aliphatic carbocycles. The molecule has 3 heterocycles. The Morgan fingerprint density at radius 2 is 1.67 bits per heavy atom. The number of pyridine rings is 1. The van der Waals surface area contributed by atoms with Crippen molar-refractivity contribution in [3.8, 4) is 17.1 Å². The molecule has 4 nitrogen and oxygen atoms in total. The molecule has 0 radical (unpaired) electrons. The smallest absolute Gasteiger partial charge is 0.149 e. The van der Waals surface area contributed by atoms with Crippen molar-refractivity contribution >= 4 is 33.0 Å². The second-order valence-electron chi connectivity index (χ2n) is 7.65. The summed E-state index contributed by atoms with van der Waals surface area (Å²) in [7, 11) is 0. The van der Waals surface area contributed by atoms with Gasteiger partial charge in [0.2, 0.25) is 0 Å². The summed E-state index contributed by atoms with van der Waals surface area (Å²) in [5, 5.41) is 2.27. The van der Waals surface area contributed by atoms with Gasteiger partial charge in [0.15, 0.2) is 0 Å². The summed E-state index contributed by atoms with van der Waals surface area (Å²) >= 11 is 0. The first-order valence-corrected chi connectivity index (χ1v) is 10.0. The number of hydrogen-bond acceptors (Lipinski definition) is 3. The van der Waals surface area contributed by atoms with Crippen LogP contribution in [0.5, 0.6) is 0 Å². The maximum atomic E-state index is 6.36. The van der Waals surface area contributed by atoms with Crippen LogP contribution < -0.4 is 0 Å². The maximum Gasteiger partial charge on any atom is 0.149 e. The minimum Gasteiger partial charge on any atom is -0.455 e. The van der Waals surface area contributed by atoms with E-state index in [1.807, 2.05) is 49.5 Å². The van der Waals surface area contributed by atoms with Crippen molar-refractivity contribution in [2.24, 2.45) is 0 Å². The molecule has 144 valence electrons. The van der Waals surface area contributed by atoms with E-state index in [2.05, 4.69) is 52.9 Å². The van der Waals surface area contributed by atoms with Crippen LogP contribution in [0.4, 0.5) is 0 Å². The predicted molar refractivity (Wildman–Crippen MR) is 121 cm³/mol. The molecule has 0 unspecified atom stereocenters. The molecule has 6 rings (SSSR count). The Bertz CT molecular complexity index is 1560. The third-order valence-electron chi connectivity index (χ3n) is 5.67. The van der Waals surface area contributed by atoms with Crippen LogP contribution in [0.1, 0.15) is 11.3 Å². The van der Waals surface area contributed by atoms with Gasteiger partial charge in [0.1, 0.15) is 17.0 Å². The van der Waals surface area contributed by atoms with E-state index in [0.717, 1.165) is 55.7 Å². The van der Waals surface area contributed by atoms with Gasteiger partial charge in [0.05, 0.1) is 22.8 Å². The molecule has 0 N–H and O–H groups in total. The molecular formula is C26H19N3O. The summed E-state index contributed by atoms with van der Waals surface area (Å²) in [4.78, 5) is 9.56. The molecule has 0 atom stereocenters. The van der Waals surface area contributed by atoms with E-state index in [-0.39, 0.29) is 0 Å². The molecule has 0 aliphatic heterocycles. The van der Waals surface area contributed by atoms with Crippen LogP contribution in [0, 0.1) is 13.8 Å². The molecule has 0 bridgehead atoms. The Labute approximate surface area is 173 Å². The van der Waals surface area contributed by atoms with Gasteiger partial charge in [-0.15, -0.1) is 0 Å². The van der Waals surface area contributed by atoms with Crippen molar-refractivity contribution in [3.05, 3.63) is 90.3 Å². The van der Waals surface area contributed by atoms with Gasteiger partial charge < -0.3 is 4.42 Å². The van der Waals surface area contributed by atoms with Crippen LogP contribution in [-0.2, 0) is 0 Å². The van der Waals surface area contributed by atoms with Gasteiger partial charge in [0.25, 0.3) is 0 Å². The standard InChI is InChI=1S/C26H19N3O/c1-16-12-13-20(25-24(16)19-10-6-7-11-23(19)30-25)26-28-21-14-17(2)27-15-22(21)29(26)18-8-4-3-5-9-18/h3-15H,1-2H3. The number of aryl methyl sites for hydroxylation is 2. The third-order valence-corrected chi connectivity index (χ3v) is 5.67. The molecule has 30 heavy (non-hydrogen) atoms. The predicted octanol–water partition coefficient (Wildman–Crippen LogP) is 6.60. The quantitative estimate of drug-likeness (QED) is 0.335. The maximum absolute atomic E-state index is 6.36. The van der Waals surface area contributed by atoms with Crippen molar-refractivity contribution in [2.75, 3.05) is 0 Å². The molecule has 6 aromatic rings. The number of fused-ring (bicyclic) bond motifs is 4. The van der Waals surface area contributed by atoms with Crippen LogP contribution in [0.2, 0.25) is 0 Å². The number of hydrogen-bond donors (Lipinski definition) is 0. The lowest BCUT2D eigenvalue weighted by atomic mass is 10.0. The highest BCUT2D eigenvalue weighted by molar-refractivity contribution is 6.11. The second kappa shape index (κ2) is 6.29. The van der Waals surface area contributed by atoms with E-state index in [1.165, 1.54) is 5.56 Å². The zero-order valence-electron chi connectivity index (χ0n) is 16.8. The number of imidazole rings is 1. The minimum atomic E-state index is 0.854. The summed E-state index contributed by atoms with van der Waals surface area (Å²) in [6.45, 7) is 4.12. The van der Waals surface area contributed by atoms with Gasteiger partial charge in [-0.25, -0.2) is 4.98 Å². The zero-order valence-corrected chi connectivity index (χ0v) is 16.8. The number of benzene rings is 3. The fraction of sp³-hybridized carbons (Fsp3) is 0.0769. The lowest BCUT2D eigenvalue weighted by Crippen LogP contribution is -1.98. The summed E-state index contributed by atoms with van der Waals surface area (Å²) in [6.07, 6.45) is 1.90. The van der Waals surface area contributed by atoms with Crippen molar-refractivity contribution in [1.29, 1.82) is 0 Å². The molecule has 0 amide bonds. The summed E-state index contributed by atoms with van der Waals surface area (Å²) < 4.78 is 8.53. The molecule has 3 aromatic heterocycles. The van der Waals surface area contributed by atoms with Crippen LogP contribution in [0.3, 0.4) is 0 Å². The summed E-state index contributed by atoms with van der Waals surface area (Å²) in [6, 6.07) is 24.8. The monoisotopic (exact) mass is 389 g/mol. The molecular weight excluding hydrogens is 370 g/mol. The molecule has 4 heteroatoms. The first-order valence-electron chi connectivity index (χ1n) is 10.0. The average molecular weight is 389 g/mol. The van der Waals surface area contributed by atoms with Gasteiger partial charge in [-0.1, -0.05) is 42.5 Å². The first-order chi connectivity index (χ1) is 14.7. The lowest BCUT2D eigenvalue weighted by molar-refractivity contribution is 0.669. The van der Waals surface area contributed by atoms with Crippen LogP contribution in [-0.4, -0.2) is 14.5 Å². The van der Waals surface area contributed by atoms with E-state index in [1.54, 1.807) is 0 Å². The Morgan fingerprint density at radius 1 is 0.867 bits per heavy atom. The number of nitrogens with zero attached hydrogens (tertiary/aromatic N) is 3. The Kier molecular flexibility index (Phi) is 3.56. The molecule has 0 saturated carbocycles. The third kappa shape index (κ3) is 2.40. The minimum absolute atomic E-state index is 0.854. The SMILES string of the molecule is Cc1cc2nc(-c3ccc(C)c4c3oc3ccccc34)n(-c3ccccc3)c2cn1. The van der Waals surface area contributed by atoms with Crippen molar-refractivity contribution in [1.82, 2.24) is 14.5 Å². The molecule has 0 saturated heterocycles. The number of aromatic nitrogens is 3. The Morgan fingerprint density at radius 3 is 2.53 bits per heavy atom. The van der Waals surface area contributed by atoms with Gasteiger partial charge in [-0.05, 0) is 49.7 Å². The highest BCUT2D eigenvalue weighted by Gasteiger charge is 2.20. The largest absolute Gasteiger partial charge is 0.455 e. The van der Waals surface area contributed by atoms with Gasteiger partial charge in [-0.2, -0.15) is 0 Å². The fourth-order valence-corrected chi connectivity index (χ4v) is 4.27. The first kappa shape index (κ1) is 17.0. The number of para-hydroxylation sites is 2. The molecule has 0 spiro atoms. The highest BCUT2D eigenvalue weighted by atomic mass is 16.3. The zero-order chi connectivity index (χ0) is 20.2. The van der Waals surface area contributed by atoms with Gasteiger partial charge in [-0.3, -0.25) is 9.55 Å². The Hall–Kier alpha value is -3.92. The summed E-state index contributed by atoms with van der Waals surface area (Å²) in [5.41, 5.74) is 7.83. The van der Waals surface area contributed by atoms with Crippen molar-refractivity contribution < 1.29 is 4.42 Å². The molecule has 0 aliphatic rings. The van der Waals surface area contributed by atoms with Crippen LogP contribution in [0.25, 0.3) is 50.0 Å². The van der Waals surface area contributed by atoms with Crippen LogP contribution >= 0.6 is 0 Å². The van der Waals surface area contributed by atoms with E-state index in [4.69, 9.17) is 9.40 Å². The van der Waals surface area contributed by atoms with E-state index in [9.17, 15) is 0 Å². The average Bonchev–Trinajstić information content (AvgIpc) is 3.33. The Balaban J connectivity index is 1.76. The van der Waals surface area contributed by atoms with Gasteiger partial charge in [0, 0.05) is 22.2 Å². The van der Waals surface area contributed by atoms with Crippen molar-refractivity contribution in [3.63, 3.8) is 0 Å².